The van der Waals surface area contributed by atoms with E-state index in [4.69, 9.17) is 0 Å². The van der Waals surface area contributed by atoms with E-state index in [0.717, 1.165) is 5.56 Å². The van der Waals surface area contributed by atoms with Crippen molar-refractivity contribution in [2.75, 3.05) is 5.32 Å². The summed E-state index contributed by atoms with van der Waals surface area (Å²) in [5.41, 5.74) is 1.01. The monoisotopic (exact) mass is 258 g/mol. The number of hydrogen-bond acceptors (Lipinski definition) is 3. The molecule has 1 aromatic carbocycles. The zero-order valence-electron chi connectivity index (χ0n) is 11.4. The van der Waals surface area contributed by atoms with E-state index in [1.54, 1.807) is 17.9 Å². The summed E-state index contributed by atoms with van der Waals surface area (Å²) >= 11 is 0. The number of rotatable bonds is 4. The third-order valence-corrected chi connectivity index (χ3v) is 3.05. The Balaban J connectivity index is 2.21. The lowest BCUT2D eigenvalue weighted by Crippen LogP contribution is -2.26. The van der Waals surface area contributed by atoms with Crippen LogP contribution in [0.15, 0.2) is 36.7 Å². The van der Waals surface area contributed by atoms with Gasteiger partial charge in [-0.05, 0) is 11.5 Å². The SMILES string of the molecule is CC(C)C(C(=O)Nc1nncn1C)c1ccccc1. The summed E-state index contributed by atoms with van der Waals surface area (Å²) in [6, 6.07) is 9.78. The van der Waals surface area contributed by atoms with Crippen LogP contribution >= 0.6 is 0 Å². The van der Waals surface area contributed by atoms with Gasteiger partial charge in [-0.2, -0.15) is 0 Å². The van der Waals surface area contributed by atoms with Crippen molar-refractivity contribution in [3.8, 4) is 0 Å². The number of hydrogen-bond donors (Lipinski definition) is 1. The fourth-order valence-corrected chi connectivity index (χ4v) is 2.08. The van der Waals surface area contributed by atoms with Crippen molar-refractivity contribution in [2.45, 2.75) is 19.8 Å². The summed E-state index contributed by atoms with van der Waals surface area (Å²) in [6.07, 6.45) is 1.56. The molecule has 5 heteroatoms. The Bertz CT molecular complexity index is 548. The van der Waals surface area contributed by atoms with E-state index >= 15 is 0 Å². The summed E-state index contributed by atoms with van der Waals surface area (Å²) in [5.74, 6) is 0.414. The van der Waals surface area contributed by atoms with Crippen molar-refractivity contribution >= 4 is 11.9 Å². The third-order valence-electron chi connectivity index (χ3n) is 3.05. The maximum atomic E-state index is 12.4. The molecule has 0 saturated heterocycles. The van der Waals surface area contributed by atoms with Crippen LogP contribution in [0.2, 0.25) is 0 Å². The Morgan fingerprint density at radius 3 is 2.47 bits per heavy atom. The first-order valence-electron chi connectivity index (χ1n) is 6.29. The molecule has 1 N–H and O–H groups in total. The fraction of sp³-hybridized carbons (Fsp3) is 0.357. The van der Waals surface area contributed by atoms with Crippen LogP contribution in [0.25, 0.3) is 0 Å². The number of carbonyl (C=O) groups excluding carboxylic acids is 1. The van der Waals surface area contributed by atoms with E-state index < -0.39 is 0 Å². The van der Waals surface area contributed by atoms with E-state index in [-0.39, 0.29) is 17.7 Å². The lowest BCUT2D eigenvalue weighted by molar-refractivity contribution is -0.118. The van der Waals surface area contributed by atoms with Gasteiger partial charge in [0.15, 0.2) is 0 Å². The largest absolute Gasteiger partial charge is 0.303 e. The summed E-state index contributed by atoms with van der Waals surface area (Å²) in [6.45, 7) is 4.07. The molecule has 2 aromatic rings. The second-order valence-electron chi connectivity index (χ2n) is 4.89. The highest BCUT2D eigenvalue weighted by Gasteiger charge is 2.24. The number of nitrogens with zero attached hydrogens (tertiary/aromatic N) is 3. The molecule has 0 aliphatic rings. The minimum Gasteiger partial charge on any atom is -0.303 e. The molecule has 5 nitrogen and oxygen atoms in total. The minimum atomic E-state index is -0.196. The fourth-order valence-electron chi connectivity index (χ4n) is 2.08. The van der Waals surface area contributed by atoms with E-state index in [2.05, 4.69) is 15.5 Å². The van der Waals surface area contributed by atoms with Gasteiger partial charge in [-0.15, -0.1) is 10.2 Å². The van der Waals surface area contributed by atoms with Gasteiger partial charge >= 0.3 is 0 Å². The first-order valence-corrected chi connectivity index (χ1v) is 6.29. The van der Waals surface area contributed by atoms with Crippen LogP contribution in [0, 0.1) is 5.92 Å². The summed E-state index contributed by atoms with van der Waals surface area (Å²) in [5, 5.41) is 10.4. The zero-order valence-corrected chi connectivity index (χ0v) is 11.4. The normalized spacial score (nSPS) is 12.4. The van der Waals surface area contributed by atoms with E-state index in [0.29, 0.717) is 5.95 Å². The predicted molar refractivity (Wildman–Crippen MR) is 73.7 cm³/mol. The first-order chi connectivity index (χ1) is 9.09. The maximum Gasteiger partial charge on any atom is 0.234 e. The van der Waals surface area contributed by atoms with Crippen LogP contribution in [0.4, 0.5) is 5.95 Å². The van der Waals surface area contributed by atoms with Crippen LogP contribution in [-0.2, 0) is 11.8 Å². The molecule has 1 aromatic heterocycles. The highest BCUT2D eigenvalue weighted by molar-refractivity contribution is 5.94. The number of amides is 1. The topological polar surface area (TPSA) is 59.8 Å². The molecule has 0 bridgehead atoms. The zero-order chi connectivity index (χ0) is 13.8. The van der Waals surface area contributed by atoms with Crippen molar-refractivity contribution in [2.24, 2.45) is 13.0 Å². The summed E-state index contributed by atoms with van der Waals surface area (Å²) in [4.78, 5) is 12.4. The van der Waals surface area contributed by atoms with Crippen molar-refractivity contribution in [1.82, 2.24) is 14.8 Å². The van der Waals surface area contributed by atoms with Crippen LogP contribution < -0.4 is 5.32 Å². The molecule has 1 amide bonds. The highest BCUT2D eigenvalue weighted by Crippen LogP contribution is 2.25. The second-order valence-corrected chi connectivity index (χ2v) is 4.89. The van der Waals surface area contributed by atoms with Gasteiger partial charge in [0.2, 0.25) is 11.9 Å². The lowest BCUT2D eigenvalue weighted by Gasteiger charge is -2.20. The van der Waals surface area contributed by atoms with E-state index in [9.17, 15) is 4.79 Å². The lowest BCUT2D eigenvalue weighted by atomic mass is 9.88. The van der Waals surface area contributed by atoms with Crippen LogP contribution in [0.5, 0.6) is 0 Å². The average Bonchev–Trinajstić information content (AvgIpc) is 2.76. The molecule has 0 fully saturated rings. The second kappa shape index (κ2) is 5.65. The third kappa shape index (κ3) is 2.99. The van der Waals surface area contributed by atoms with Crippen molar-refractivity contribution in [3.05, 3.63) is 42.2 Å². The van der Waals surface area contributed by atoms with Gasteiger partial charge in [0.05, 0.1) is 5.92 Å². The molecule has 1 unspecified atom stereocenters. The number of aryl methyl sites for hydroxylation is 1. The van der Waals surface area contributed by atoms with Crippen LogP contribution in [-0.4, -0.2) is 20.7 Å². The number of aromatic nitrogens is 3. The molecule has 19 heavy (non-hydrogen) atoms. The van der Waals surface area contributed by atoms with Gasteiger partial charge in [0.25, 0.3) is 0 Å². The van der Waals surface area contributed by atoms with Gasteiger partial charge < -0.3 is 4.57 Å². The van der Waals surface area contributed by atoms with Gasteiger partial charge in [0, 0.05) is 7.05 Å². The summed E-state index contributed by atoms with van der Waals surface area (Å²) < 4.78 is 1.68. The van der Waals surface area contributed by atoms with Gasteiger partial charge in [0.1, 0.15) is 6.33 Å². The van der Waals surface area contributed by atoms with Crippen molar-refractivity contribution < 1.29 is 4.79 Å². The Labute approximate surface area is 112 Å². The predicted octanol–water partition coefficient (Wildman–Crippen LogP) is 2.19. The van der Waals surface area contributed by atoms with Crippen molar-refractivity contribution in [1.29, 1.82) is 0 Å². The average molecular weight is 258 g/mol. The smallest absolute Gasteiger partial charge is 0.234 e. The first kappa shape index (κ1) is 13.3. The molecule has 0 radical (unpaired) electrons. The minimum absolute atomic E-state index is 0.0581. The number of anilines is 1. The molecule has 0 spiro atoms. The van der Waals surface area contributed by atoms with Gasteiger partial charge in [-0.3, -0.25) is 10.1 Å². The Hall–Kier alpha value is -2.17. The van der Waals surface area contributed by atoms with Crippen molar-refractivity contribution in [3.63, 3.8) is 0 Å². The van der Waals surface area contributed by atoms with E-state index in [1.807, 2.05) is 44.2 Å². The maximum absolute atomic E-state index is 12.4. The molecule has 0 aliphatic heterocycles. The quantitative estimate of drug-likeness (QED) is 0.914. The molecule has 100 valence electrons. The summed E-state index contributed by atoms with van der Waals surface area (Å²) in [7, 11) is 1.79. The van der Waals surface area contributed by atoms with Gasteiger partial charge in [-0.25, -0.2) is 0 Å². The number of benzene rings is 1. The molecule has 0 aliphatic carbocycles. The molecular formula is C14H18N4O. The Kier molecular flexibility index (Phi) is 3.94. The molecular weight excluding hydrogens is 240 g/mol. The molecule has 1 heterocycles. The van der Waals surface area contributed by atoms with Crippen LogP contribution in [0.3, 0.4) is 0 Å². The van der Waals surface area contributed by atoms with Crippen LogP contribution in [0.1, 0.15) is 25.3 Å². The Morgan fingerprint density at radius 1 is 1.26 bits per heavy atom. The Morgan fingerprint density at radius 2 is 1.95 bits per heavy atom. The molecule has 2 rings (SSSR count). The number of nitrogens with one attached hydrogen (secondary N) is 1. The van der Waals surface area contributed by atoms with E-state index in [1.165, 1.54) is 0 Å². The highest BCUT2D eigenvalue weighted by atomic mass is 16.2. The number of carbonyl (C=O) groups is 1. The molecule has 1 atom stereocenters. The molecule has 0 saturated carbocycles. The van der Waals surface area contributed by atoms with Gasteiger partial charge in [-0.1, -0.05) is 44.2 Å². The standard InChI is InChI=1S/C14H18N4O/c1-10(2)12(11-7-5-4-6-8-11)13(19)16-14-17-15-9-18(14)3/h4-10,12H,1-3H3,(H,16,17,19).